The average molecular weight is 608 g/mol. The zero-order chi connectivity index (χ0) is 32.2. The molecule has 0 radical (unpaired) electrons. The summed E-state index contributed by atoms with van der Waals surface area (Å²) in [5.41, 5.74) is 15.4. The van der Waals surface area contributed by atoms with Crippen LogP contribution < -0.4 is 21.1 Å². The van der Waals surface area contributed by atoms with Crippen LogP contribution in [0.25, 0.3) is 27.5 Å². The van der Waals surface area contributed by atoms with Gasteiger partial charge in [0.2, 0.25) is 0 Å². The lowest BCUT2D eigenvalue weighted by Gasteiger charge is -2.44. The first-order valence-electron chi connectivity index (χ1n) is 16.8. The van der Waals surface area contributed by atoms with Crippen LogP contribution in [0.5, 0.6) is 11.5 Å². The van der Waals surface area contributed by atoms with Crippen molar-refractivity contribution in [3.63, 3.8) is 0 Å². The first kappa shape index (κ1) is 28.2. The van der Waals surface area contributed by atoms with Gasteiger partial charge in [0.05, 0.1) is 11.0 Å². The van der Waals surface area contributed by atoms with Crippen LogP contribution in [0, 0.1) is 13.8 Å². The Morgan fingerprint density at radius 3 is 1.60 bits per heavy atom. The third-order valence-corrected chi connectivity index (χ3v) is 11.3. The third kappa shape index (κ3) is 3.86. The van der Waals surface area contributed by atoms with E-state index in [-0.39, 0.29) is 17.5 Å². The molecule has 1 aliphatic heterocycles. The molecule has 0 amide bonds. The van der Waals surface area contributed by atoms with Crippen LogP contribution in [0.15, 0.2) is 121 Å². The Morgan fingerprint density at radius 2 is 1.02 bits per heavy atom. The first-order chi connectivity index (χ1) is 22.7. The van der Waals surface area contributed by atoms with Crippen LogP contribution in [0.2, 0.25) is 0 Å². The van der Waals surface area contributed by atoms with E-state index in [0.717, 1.165) is 11.5 Å². The number of nitrogens with zero attached hydrogens (tertiary/aromatic N) is 1. The lowest BCUT2D eigenvalue weighted by Crippen LogP contribution is -2.57. The fourth-order valence-electron chi connectivity index (χ4n) is 8.85. The molecule has 7 aromatic rings. The molecule has 47 heavy (non-hydrogen) atoms. The summed E-state index contributed by atoms with van der Waals surface area (Å²) in [4.78, 5) is 0. The third-order valence-electron chi connectivity index (χ3n) is 11.3. The highest BCUT2D eigenvalue weighted by Gasteiger charge is 2.43. The van der Waals surface area contributed by atoms with Gasteiger partial charge in [0.1, 0.15) is 11.5 Å². The molecule has 2 nitrogen and oxygen atoms in total. The number of ether oxygens (including phenoxy) is 1. The molecule has 9 rings (SSSR count). The van der Waals surface area contributed by atoms with Gasteiger partial charge in [-0.15, -0.1) is 0 Å². The molecule has 0 N–H and O–H groups in total. The van der Waals surface area contributed by atoms with E-state index in [0.29, 0.717) is 0 Å². The Balaban J connectivity index is 1.23. The van der Waals surface area contributed by atoms with Crippen molar-refractivity contribution in [3.8, 4) is 17.2 Å². The number of aryl methyl sites for hydroxylation is 2. The van der Waals surface area contributed by atoms with Crippen molar-refractivity contribution in [1.29, 1.82) is 0 Å². The van der Waals surface area contributed by atoms with Crippen molar-refractivity contribution in [2.75, 3.05) is 0 Å². The molecule has 0 bridgehead atoms. The minimum atomic E-state index is -0.177. The molecular formula is C44H38BNO. The number of benzene rings is 6. The van der Waals surface area contributed by atoms with Crippen molar-refractivity contribution in [1.82, 2.24) is 4.57 Å². The van der Waals surface area contributed by atoms with Gasteiger partial charge in [0, 0.05) is 27.3 Å². The fourth-order valence-corrected chi connectivity index (χ4v) is 8.85. The standard InChI is InChI=1S/C44H38BNO/c1-27-13-11-19-39-41(27)45(42-28(2)14-12-20-40(42)47-39)29-21-23-33-35(25-29)43(3,4)34-24-22-30(26-36(34)44(33,5)6)46-37-17-9-7-15-31(37)32-16-8-10-18-38(32)46/h7-26H,1-6H3. The summed E-state index contributed by atoms with van der Waals surface area (Å²) >= 11 is 0. The van der Waals surface area contributed by atoms with Crippen molar-refractivity contribution in [2.24, 2.45) is 0 Å². The Bertz CT molecular complexity index is 2320. The van der Waals surface area contributed by atoms with Gasteiger partial charge in [-0.1, -0.05) is 129 Å². The van der Waals surface area contributed by atoms with E-state index in [1.165, 1.54) is 77.3 Å². The number of para-hydroxylation sites is 2. The van der Waals surface area contributed by atoms with E-state index in [2.05, 4.69) is 167 Å². The Morgan fingerprint density at radius 1 is 0.511 bits per heavy atom. The van der Waals surface area contributed by atoms with E-state index in [9.17, 15) is 0 Å². The maximum Gasteiger partial charge on any atom is 0.251 e. The van der Waals surface area contributed by atoms with Gasteiger partial charge < -0.3 is 9.30 Å². The van der Waals surface area contributed by atoms with Gasteiger partial charge in [0.25, 0.3) is 6.71 Å². The highest BCUT2D eigenvalue weighted by atomic mass is 16.5. The van der Waals surface area contributed by atoms with E-state index < -0.39 is 0 Å². The Labute approximate surface area is 277 Å². The minimum absolute atomic E-state index is 0.111. The summed E-state index contributed by atoms with van der Waals surface area (Å²) in [7, 11) is 0. The molecule has 2 heterocycles. The van der Waals surface area contributed by atoms with E-state index >= 15 is 0 Å². The number of aromatic nitrogens is 1. The Hall–Kier alpha value is -5.02. The van der Waals surface area contributed by atoms with Gasteiger partial charge >= 0.3 is 0 Å². The SMILES string of the molecule is Cc1cccc2c1B(c1ccc3c(c1)C(C)(C)c1ccc(-n4c5ccccc5c5ccccc54)cc1C3(C)C)c1c(C)cccc1O2. The number of fused-ring (bicyclic) bond motifs is 7. The number of rotatable bonds is 2. The van der Waals surface area contributed by atoms with Crippen molar-refractivity contribution in [2.45, 2.75) is 52.4 Å². The number of hydrogen-bond donors (Lipinski definition) is 0. The summed E-state index contributed by atoms with van der Waals surface area (Å²) in [5, 5.41) is 2.58. The second kappa shape index (κ2) is 9.75. The van der Waals surface area contributed by atoms with Gasteiger partial charge in [0.15, 0.2) is 0 Å². The molecule has 2 aliphatic rings. The first-order valence-corrected chi connectivity index (χ1v) is 16.8. The van der Waals surface area contributed by atoms with Crippen molar-refractivity contribution in [3.05, 3.63) is 155 Å². The molecule has 0 unspecified atom stereocenters. The average Bonchev–Trinajstić information content (AvgIpc) is 3.41. The quantitative estimate of drug-likeness (QED) is 0.179. The molecule has 0 saturated heterocycles. The smallest absolute Gasteiger partial charge is 0.251 e. The van der Waals surface area contributed by atoms with Crippen molar-refractivity contribution < 1.29 is 4.74 Å². The van der Waals surface area contributed by atoms with Crippen LogP contribution in [0.3, 0.4) is 0 Å². The predicted molar refractivity (Wildman–Crippen MR) is 199 cm³/mol. The second-order valence-corrected chi connectivity index (χ2v) is 14.7. The van der Waals surface area contributed by atoms with Crippen LogP contribution in [-0.4, -0.2) is 11.3 Å². The molecule has 0 spiro atoms. The summed E-state index contributed by atoms with van der Waals surface area (Å²) in [6.07, 6.45) is 0. The highest BCUT2D eigenvalue weighted by Crippen LogP contribution is 2.50. The lowest BCUT2D eigenvalue weighted by atomic mass is 9.34. The molecule has 0 saturated carbocycles. The van der Waals surface area contributed by atoms with Crippen LogP contribution in [-0.2, 0) is 10.8 Å². The molecule has 0 atom stereocenters. The van der Waals surface area contributed by atoms with E-state index in [1.54, 1.807) is 0 Å². The normalized spacial score (nSPS) is 15.5. The monoisotopic (exact) mass is 607 g/mol. The summed E-state index contributed by atoms with van der Waals surface area (Å²) < 4.78 is 8.96. The predicted octanol–water partition coefficient (Wildman–Crippen LogP) is 8.99. The zero-order valence-electron chi connectivity index (χ0n) is 28.0. The van der Waals surface area contributed by atoms with E-state index in [1.807, 2.05) is 0 Å². The molecule has 6 aromatic carbocycles. The largest absolute Gasteiger partial charge is 0.458 e. The molecule has 0 fully saturated rings. The Kier molecular flexibility index (Phi) is 5.85. The molecule has 228 valence electrons. The van der Waals surface area contributed by atoms with Gasteiger partial charge in [-0.2, -0.15) is 0 Å². The maximum atomic E-state index is 6.52. The maximum absolute atomic E-state index is 6.52. The summed E-state index contributed by atoms with van der Waals surface area (Å²) in [6, 6.07) is 45.0. The van der Waals surface area contributed by atoms with Crippen LogP contribution >= 0.6 is 0 Å². The van der Waals surface area contributed by atoms with Gasteiger partial charge in [-0.3, -0.25) is 0 Å². The number of hydrogen-bond acceptors (Lipinski definition) is 1. The van der Waals surface area contributed by atoms with Crippen LogP contribution in [0.1, 0.15) is 61.1 Å². The highest BCUT2D eigenvalue weighted by molar-refractivity contribution is 6.97. The second-order valence-electron chi connectivity index (χ2n) is 14.7. The molecule has 1 aromatic heterocycles. The van der Waals surface area contributed by atoms with Gasteiger partial charge in [-0.05, 0) is 83.4 Å². The minimum Gasteiger partial charge on any atom is -0.458 e. The fraction of sp³-hybridized carbons (Fsp3) is 0.182. The van der Waals surface area contributed by atoms with E-state index in [4.69, 9.17) is 4.74 Å². The van der Waals surface area contributed by atoms with Crippen molar-refractivity contribution >= 4 is 44.9 Å². The lowest BCUT2D eigenvalue weighted by molar-refractivity contribution is 0.487. The molecule has 1 aliphatic carbocycles. The van der Waals surface area contributed by atoms with Crippen LogP contribution in [0.4, 0.5) is 0 Å². The summed E-state index contributed by atoms with van der Waals surface area (Å²) in [6.45, 7) is 14.2. The molecule has 3 heteroatoms. The summed E-state index contributed by atoms with van der Waals surface area (Å²) in [5.74, 6) is 1.93. The topological polar surface area (TPSA) is 14.2 Å². The van der Waals surface area contributed by atoms with Gasteiger partial charge in [-0.25, -0.2) is 0 Å². The zero-order valence-corrected chi connectivity index (χ0v) is 28.0. The molecular weight excluding hydrogens is 569 g/mol.